The van der Waals surface area contributed by atoms with Crippen molar-refractivity contribution in [3.05, 3.63) is 93.6 Å². The van der Waals surface area contributed by atoms with E-state index in [2.05, 4.69) is 16.0 Å². The molecule has 2 saturated heterocycles. The molecule has 2 unspecified atom stereocenters. The summed E-state index contributed by atoms with van der Waals surface area (Å²) >= 11 is 0. The van der Waals surface area contributed by atoms with Crippen LogP contribution in [0.5, 0.6) is 0 Å². The number of amidine groups is 2. The molecule has 56 heavy (non-hydrogen) atoms. The molecule has 0 radical (unpaired) electrons. The number of nitrogens with zero attached hydrogens (tertiary/aromatic N) is 4. The summed E-state index contributed by atoms with van der Waals surface area (Å²) in [6.07, 6.45) is 2.27. The van der Waals surface area contributed by atoms with Gasteiger partial charge in [0, 0.05) is 13.1 Å². The van der Waals surface area contributed by atoms with Crippen LogP contribution in [-0.4, -0.2) is 91.0 Å². The first-order valence-electron chi connectivity index (χ1n) is 19.4. The maximum absolute atomic E-state index is 13.9. The predicted molar refractivity (Wildman–Crippen MR) is 212 cm³/mol. The van der Waals surface area contributed by atoms with E-state index in [-0.39, 0.29) is 54.1 Å². The molecule has 4 aromatic rings. The second-order valence-corrected chi connectivity index (χ2v) is 15.2. The van der Waals surface area contributed by atoms with Crippen molar-refractivity contribution in [1.29, 1.82) is 0 Å². The fraction of sp³-hybridized carbons (Fsp3) is 0.429. The van der Waals surface area contributed by atoms with Gasteiger partial charge < -0.3 is 34.7 Å². The van der Waals surface area contributed by atoms with E-state index in [1.807, 2.05) is 74.5 Å². The first-order valence-corrected chi connectivity index (χ1v) is 19.4. The minimum Gasteiger partial charge on any atom is -0.456 e. The first kappa shape index (κ1) is 37.0. The maximum atomic E-state index is 13.9. The van der Waals surface area contributed by atoms with Gasteiger partial charge in [-0.1, -0.05) is 56.3 Å². The van der Waals surface area contributed by atoms with Crippen LogP contribution in [0.2, 0.25) is 0 Å². The molecule has 3 amide bonds. The Morgan fingerprint density at radius 3 is 2.16 bits per heavy atom. The Morgan fingerprint density at radius 1 is 0.839 bits per heavy atom. The van der Waals surface area contributed by atoms with Crippen LogP contribution in [0.4, 0.5) is 9.59 Å². The Bertz CT molecular complexity index is 2270. The molecular weight excluding hydrogens is 715 g/mol. The molecule has 5 atom stereocenters. The van der Waals surface area contributed by atoms with Gasteiger partial charge in [0.2, 0.25) is 11.3 Å². The number of likely N-dealkylation sites (tertiary alicyclic amines) is 2. The minimum atomic E-state index is -0.707. The van der Waals surface area contributed by atoms with Gasteiger partial charge in [-0.15, -0.1) is 0 Å². The van der Waals surface area contributed by atoms with Gasteiger partial charge in [0.05, 0.1) is 55.1 Å². The minimum absolute atomic E-state index is 0.117. The number of carbonyl (C=O) groups excluding carboxylic acids is 3. The highest BCUT2D eigenvalue weighted by molar-refractivity contribution is 5.96. The molecular formula is C42H47N7O7. The monoisotopic (exact) mass is 761 g/mol. The number of rotatable bonds is 9. The van der Waals surface area contributed by atoms with E-state index in [9.17, 15) is 19.2 Å². The second kappa shape index (κ2) is 15.7. The quantitative estimate of drug-likeness (QED) is 0.194. The molecule has 0 spiro atoms. The first-order chi connectivity index (χ1) is 27.2. The number of amides is 3. The number of methoxy groups -OCH3 is 1. The molecule has 14 heteroatoms. The van der Waals surface area contributed by atoms with Crippen LogP contribution in [-0.2, 0) is 20.9 Å². The van der Waals surface area contributed by atoms with Crippen molar-refractivity contribution in [2.45, 2.75) is 76.3 Å². The van der Waals surface area contributed by atoms with Crippen molar-refractivity contribution >= 4 is 51.7 Å². The van der Waals surface area contributed by atoms with E-state index in [0.29, 0.717) is 48.1 Å². The predicted octanol–water partition coefficient (Wildman–Crippen LogP) is 5.20. The number of alkyl carbamates (subject to hydrolysis) is 1. The summed E-state index contributed by atoms with van der Waals surface area (Å²) < 4.78 is 16.7. The van der Waals surface area contributed by atoms with Gasteiger partial charge in [0.15, 0.2) is 0 Å². The molecule has 1 aromatic heterocycles. The number of carbonyl (C=O) groups is 3. The van der Waals surface area contributed by atoms with Crippen molar-refractivity contribution in [3.8, 4) is 0 Å². The lowest BCUT2D eigenvalue weighted by Gasteiger charge is -2.31. The molecule has 4 aliphatic rings. The second-order valence-electron chi connectivity index (χ2n) is 15.2. The van der Waals surface area contributed by atoms with Gasteiger partial charge in [-0.25, -0.2) is 9.59 Å². The lowest BCUT2D eigenvalue weighted by molar-refractivity contribution is -0.134. The number of hydrogen-bond donors (Lipinski definition) is 3. The van der Waals surface area contributed by atoms with Gasteiger partial charge in [-0.2, -0.15) is 0 Å². The number of nitrogens with one attached hydrogen (secondary N) is 3. The Hall–Kier alpha value is -5.92. The molecule has 3 N–H and O–H groups in total. The fourth-order valence-electron chi connectivity index (χ4n) is 8.29. The van der Waals surface area contributed by atoms with Gasteiger partial charge in [0.1, 0.15) is 35.5 Å². The van der Waals surface area contributed by atoms with E-state index in [1.54, 1.807) is 15.9 Å². The summed E-state index contributed by atoms with van der Waals surface area (Å²) in [5, 5.41) is 10.7. The molecule has 0 bridgehead atoms. The van der Waals surface area contributed by atoms with Crippen molar-refractivity contribution < 1.29 is 28.3 Å². The molecule has 8 rings (SSSR count). The molecule has 2 fully saturated rings. The molecule has 5 heterocycles. The van der Waals surface area contributed by atoms with Crippen LogP contribution in [0.25, 0.3) is 21.9 Å². The van der Waals surface area contributed by atoms with Crippen molar-refractivity contribution in [2.75, 3.05) is 33.3 Å². The van der Waals surface area contributed by atoms with Crippen molar-refractivity contribution in [2.24, 2.45) is 15.9 Å². The van der Waals surface area contributed by atoms with Gasteiger partial charge in [-0.05, 0) is 72.6 Å². The van der Waals surface area contributed by atoms with Crippen LogP contribution < -0.4 is 21.4 Å². The fourth-order valence-corrected chi connectivity index (χ4v) is 8.29. The molecule has 4 aliphatic heterocycles. The largest absolute Gasteiger partial charge is 0.456 e. The SMILES string of the molecule is COC(=O)N[C@H](C(=O)N1CCC[C@H]1C1=NCC(c2ccc3c(=O)c4cc(C5CN=C([C@@H]6CCCN6C(=O)OCc6ccccc6)N5)ccc4oc3c2)N1)C(C)C. The van der Waals surface area contributed by atoms with Crippen LogP contribution in [0.3, 0.4) is 0 Å². The number of fused-ring (bicyclic) bond motifs is 2. The zero-order valence-corrected chi connectivity index (χ0v) is 31.8. The Kier molecular flexibility index (Phi) is 10.4. The summed E-state index contributed by atoms with van der Waals surface area (Å²) in [7, 11) is 1.28. The average Bonchev–Trinajstić information content (AvgIpc) is 4.06. The van der Waals surface area contributed by atoms with Crippen LogP contribution in [0.1, 0.15) is 68.3 Å². The number of hydrogen-bond acceptors (Lipinski definition) is 11. The topological polar surface area (TPSA) is 167 Å². The van der Waals surface area contributed by atoms with E-state index in [1.165, 1.54) is 7.11 Å². The Balaban J connectivity index is 0.929. The average molecular weight is 762 g/mol. The highest BCUT2D eigenvalue weighted by Crippen LogP contribution is 2.30. The Morgan fingerprint density at radius 2 is 1.48 bits per heavy atom. The molecule has 14 nitrogen and oxygen atoms in total. The van der Waals surface area contributed by atoms with Gasteiger partial charge in [0.25, 0.3) is 0 Å². The highest BCUT2D eigenvalue weighted by atomic mass is 16.6. The van der Waals surface area contributed by atoms with Gasteiger partial charge in [-0.3, -0.25) is 24.5 Å². The summed E-state index contributed by atoms with van der Waals surface area (Å²) in [6.45, 7) is 6.14. The smallest absolute Gasteiger partial charge is 0.410 e. The third-order valence-corrected chi connectivity index (χ3v) is 11.3. The number of ether oxygens (including phenoxy) is 2. The van der Waals surface area contributed by atoms with Crippen LogP contribution in [0, 0.1) is 5.92 Å². The zero-order valence-electron chi connectivity index (χ0n) is 31.8. The normalized spacial score (nSPS) is 22.5. The molecule has 3 aromatic carbocycles. The summed E-state index contributed by atoms with van der Waals surface area (Å²) in [6, 6.07) is 19.5. The highest BCUT2D eigenvalue weighted by Gasteiger charge is 2.40. The summed E-state index contributed by atoms with van der Waals surface area (Å²) in [5.74, 6) is 1.23. The zero-order chi connectivity index (χ0) is 38.9. The third kappa shape index (κ3) is 7.27. The van der Waals surface area contributed by atoms with Gasteiger partial charge >= 0.3 is 12.2 Å². The summed E-state index contributed by atoms with van der Waals surface area (Å²) in [5.41, 5.74) is 3.63. The van der Waals surface area contributed by atoms with E-state index in [0.717, 1.165) is 54.0 Å². The van der Waals surface area contributed by atoms with E-state index >= 15 is 0 Å². The number of aliphatic imine (C=N–C) groups is 2. The molecule has 292 valence electrons. The lowest BCUT2D eigenvalue weighted by atomic mass is 10.0. The summed E-state index contributed by atoms with van der Waals surface area (Å²) in [4.78, 5) is 65.7. The van der Waals surface area contributed by atoms with Crippen LogP contribution in [0.15, 0.2) is 85.9 Å². The Labute approximate surface area is 324 Å². The van der Waals surface area contributed by atoms with E-state index in [4.69, 9.17) is 23.9 Å². The molecule has 0 aliphatic carbocycles. The third-order valence-electron chi connectivity index (χ3n) is 11.3. The van der Waals surface area contributed by atoms with E-state index < -0.39 is 12.1 Å². The maximum Gasteiger partial charge on any atom is 0.410 e. The number of benzene rings is 3. The lowest BCUT2D eigenvalue weighted by Crippen LogP contribution is -2.54. The van der Waals surface area contributed by atoms with Crippen molar-refractivity contribution in [1.82, 2.24) is 25.8 Å². The van der Waals surface area contributed by atoms with Crippen molar-refractivity contribution in [3.63, 3.8) is 0 Å². The standard InChI is InChI=1S/C42H47N7O7/c1-24(2)36(47-41(52)54-3)40(51)48-17-7-11-32(48)38-43-22-31(46-38)27-13-15-28-35(20-27)56-34-16-14-26(19-29(34)37(28)50)30-21-44-39(45-30)33-12-8-18-49(33)42(53)55-23-25-9-5-4-6-10-25/h4-6,9-10,13-16,19-20,24,30-33,36H,7-8,11-12,17-18,21-23H2,1-3H3,(H,43,46)(H,44,45)(H,47,52)/t30?,31?,32-,33-,36-/m0/s1. The van der Waals surface area contributed by atoms with Crippen LogP contribution >= 0.6 is 0 Å². The molecule has 0 saturated carbocycles.